The topological polar surface area (TPSA) is 18.5 Å². The van der Waals surface area contributed by atoms with E-state index in [9.17, 15) is 0 Å². The molecule has 2 unspecified atom stereocenters. The third kappa shape index (κ3) is 2.82. The first-order valence-electron chi connectivity index (χ1n) is 13.0. The molecular formula is C33H31BO2. The molecule has 7 rings (SSSR count). The SMILES string of the molecule is CC1(C)OB(C2=CC3c4ccccc4C4(c5ccccc5C=Cc5ccccc54)C3C=C2)OC1(C)C. The zero-order valence-corrected chi connectivity index (χ0v) is 21.4. The van der Waals surface area contributed by atoms with E-state index in [-0.39, 0.29) is 35.6 Å². The van der Waals surface area contributed by atoms with Crippen LogP contribution in [0.25, 0.3) is 12.2 Å². The van der Waals surface area contributed by atoms with Crippen LogP contribution >= 0.6 is 0 Å². The predicted molar refractivity (Wildman–Crippen MR) is 148 cm³/mol. The molecule has 1 fully saturated rings. The number of hydrogen-bond donors (Lipinski definition) is 0. The number of fused-ring (bicyclic) bond motifs is 9. The highest BCUT2D eigenvalue weighted by atomic mass is 16.7. The highest BCUT2D eigenvalue weighted by Gasteiger charge is 2.57. The fourth-order valence-electron chi connectivity index (χ4n) is 6.84. The van der Waals surface area contributed by atoms with E-state index in [4.69, 9.17) is 9.31 Å². The van der Waals surface area contributed by atoms with Gasteiger partial charge in [0.15, 0.2) is 0 Å². The Hall–Kier alpha value is -3.14. The summed E-state index contributed by atoms with van der Waals surface area (Å²) in [6, 6.07) is 26.9. The molecule has 1 spiro atoms. The van der Waals surface area contributed by atoms with E-state index in [1.54, 1.807) is 0 Å². The normalized spacial score (nSPS) is 25.6. The van der Waals surface area contributed by atoms with Gasteiger partial charge in [0.25, 0.3) is 0 Å². The van der Waals surface area contributed by atoms with Crippen molar-refractivity contribution in [2.24, 2.45) is 5.92 Å². The molecule has 4 aliphatic rings. The first kappa shape index (κ1) is 22.1. The lowest BCUT2D eigenvalue weighted by atomic mass is 9.60. The van der Waals surface area contributed by atoms with Crippen molar-refractivity contribution in [2.75, 3.05) is 0 Å². The Morgan fingerprint density at radius 2 is 1.17 bits per heavy atom. The van der Waals surface area contributed by atoms with E-state index in [0.717, 1.165) is 5.47 Å². The standard InChI is InChI=1S/C33H31BO2/c1-31(2)32(3,4)36-34(35-31)24-19-20-30-26(21-24)25-13-7-10-16-29(25)33(30)27-14-8-5-11-22(27)17-18-23-12-6-9-15-28(23)33/h5-21,26,30H,1-4H3. The fraction of sp³-hybridized carbons (Fsp3) is 0.273. The lowest BCUT2D eigenvalue weighted by Crippen LogP contribution is -2.41. The first-order valence-corrected chi connectivity index (χ1v) is 13.0. The Balaban J connectivity index is 1.45. The van der Waals surface area contributed by atoms with Gasteiger partial charge in [-0.25, -0.2) is 0 Å². The minimum Gasteiger partial charge on any atom is -0.399 e. The Bertz CT molecular complexity index is 1410. The van der Waals surface area contributed by atoms with Crippen LogP contribution in [-0.2, 0) is 14.7 Å². The van der Waals surface area contributed by atoms with Gasteiger partial charge in [0.2, 0.25) is 0 Å². The fourth-order valence-corrected chi connectivity index (χ4v) is 6.84. The molecule has 1 heterocycles. The molecule has 3 aromatic rings. The quantitative estimate of drug-likeness (QED) is 0.346. The van der Waals surface area contributed by atoms with Crippen molar-refractivity contribution in [1.82, 2.24) is 0 Å². The van der Waals surface area contributed by atoms with Crippen molar-refractivity contribution in [3.8, 4) is 0 Å². The van der Waals surface area contributed by atoms with Gasteiger partial charge in [-0.05, 0) is 66.5 Å². The Morgan fingerprint density at radius 1 is 0.639 bits per heavy atom. The molecule has 36 heavy (non-hydrogen) atoms. The smallest absolute Gasteiger partial charge is 0.399 e. The van der Waals surface area contributed by atoms with Crippen LogP contribution in [0.4, 0.5) is 0 Å². The molecule has 3 aromatic carbocycles. The summed E-state index contributed by atoms with van der Waals surface area (Å²) in [7, 11) is -0.355. The van der Waals surface area contributed by atoms with Crippen LogP contribution < -0.4 is 0 Å². The van der Waals surface area contributed by atoms with E-state index in [2.05, 4.69) is 131 Å². The molecule has 0 saturated carbocycles. The molecule has 3 heteroatoms. The summed E-state index contributed by atoms with van der Waals surface area (Å²) in [6.45, 7) is 8.48. The summed E-state index contributed by atoms with van der Waals surface area (Å²) in [4.78, 5) is 0. The summed E-state index contributed by atoms with van der Waals surface area (Å²) in [5.74, 6) is 0.489. The van der Waals surface area contributed by atoms with Crippen LogP contribution in [0.5, 0.6) is 0 Å². The molecule has 3 aliphatic carbocycles. The molecule has 0 N–H and O–H groups in total. The summed E-state index contributed by atoms with van der Waals surface area (Å²) in [5, 5.41) is 0. The van der Waals surface area contributed by atoms with E-state index in [1.165, 1.54) is 33.4 Å². The van der Waals surface area contributed by atoms with Gasteiger partial charge in [-0.3, -0.25) is 0 Å². The number of allylic oxidation sites excluding steroid dienone is 4. The number of benzene rings is 3. The second kappa shape index (κ2) is 7.44. The molecule has 0 bridgehead atoms. The Labute approximate surface area is 214 Å². The van der Waals surface area contributed by atoms with Gasteiger partial charge >= 0.3 is 7.12 Å². The van der Waals surface area contributed by atoms with Crippen molar-refractivity contribution in [1.29, 1.82) is 0 Å². The van der Waals surface area contributed by atoms with Gasteiger partial charge in [0, 0.05) is 11.8 Å². The second-order valence-electron chi connectivity index (χ2n) is 11.6. The second-order valence-corrected chi connectivity index (χ2v) is 11.6. The van der Waals surface area contributed by atoms with Gasteiger partial charge < -0.3 is 9.31 Å². The van der Waals surface area contributed by atoms with Crippen molar-refractivity contribution >= 4 is 19.3 Å². The van der Waals surface area contributed by atoms with Gasteiger partial charge in [0.05, 0.1) is 16.6 Å². The van der Waals surface area contributed by atoms with E-state index in [0.29, 0.717) is 0 Å². The summed E-state index contributed by atoms with van der Waals surface area (Å²) in [5.41, 5.74) is 8.27. The number of hydrogen-bond acceptors (Lipinski definition) is 2. The maximum Gasteiger partial charge on any atom is 0.494 e. The predicted octanol–water partition coefficient (Wildman–Crippen LogP) is 7.35. The average Bonchev–Trinajstić information content (AvgIpc) is 3.22. The molecule has 0 amide bonds. The third-order valence-electron chi connectivity index (χ3n) is 9.24. The summed E-state index contributed by atoms with van der Waals surface area (Å²) >= 11 is 0. The molecule has 1 aliphatic heterocycles. The monoisotopic (exact) mass is 470 g/mol. The molecule has 0 aromatic heterocycles. The molecule has 0 radical (unpaired) electrons. The third-order valence-corrected chi connectivity index (χ3v) is 9.24. The van der Waals surface area contributed by atoms with Crippen molar-refractivity contribution in [3.63, 3.8) is 0 Å². The van der Waals surface area contributed by atoms with Crippen molar-refractivity contribution < 1.29 is 9.31 Å². The van der Waals surface area contributed by atoms with Crippen LogP contribution in [0, 0.1) is 5.92 Å². The molecular weight excluding hydrogens is 439 g/mol. The maximum atomic E-state index is 6.46. The lowest BCUT2D eigenvalue weighted by molar-refractivity contribution is 0.00578. The van der Waals surface area contributed by atoms with Gasteiger partial charge in [-0.15, -0.1) is 0 Å². The van der Waals surface area contributed by atoms with Crippen molar-refractivity contribution in [3.05, 3.63) is 130 Å². The van der Waals surface area contributed by atoms with Crippen LogP contribution in [0.1, 0.15) is 67.0 Å². The maximum absolute atomic E-state index is 6.46. The first-order chi connectivity index (χ1) is 17.3. The minimum absolute atomic E-state index is 0.236. The largest absolute Gasteiger partial charge is 0.494 e. The van der Waals surface area contributed by atoms with Gasteiger partial charge in [-0.1, -0.05) is 103 Å². The molecule has 1 saturated heterocycles. The Kier molecular flexibility index (Phi) is 4.57. The van der Waals surface area contributed by atoms with E-state index in [1.807, 2.05) is 0 Å². The molecule has 2 nitrogen and oxygen atoms in total. The average molecular weight is 470 g/mol. The zero-order valence-electron chi connectivity index (χ0n) is 21.4. The molecule has 2 atom stereocenters. The van der Waals surface area contributed by atoms with Crippen LogP contribution in [0.3, 0.4) is 0 Å². The van der Waals surface area contributed by atoms with Crippen LogP contribution in [-0.4, -0.2) is 18.3 Å². The van der Waals surface area contributed by atoms with Crippen molar-refractivity contribution in [2.45, 2.75) is 50.2 Å². The Morgan fingerprint density at radius 3 is 1.78 bits per heavy atom. The van der Waals surface area contributed by atoms with Gasteiger partial charge in [0.1, 0.15) is 0 Å². The summed E-state index contributed by atoms with van der Waals surface area (Å²) in [6.07, 6.45) is 11.7. The van der Waals surface area contributed by atoms with Gasteiger partial charge in [-0.2, -0.15) is 0 Å². The highest BCUT2D eigenvalue weighted by Crippen LogP contribution is 2.62. The highest BCUT2D eigenvalue weighted by molar-refractivity contribution is 6.55. The summed E-state index contributed by atoms with van der Waals surface area (Å²) < 4.78 is 12.9. The molecule has 178 valence electrons. The van der Waals surface area contributed by atoms with E-state index >= 15 is 0 Å². The minimum atomic E-state index is -0.358. The van der Waals surface area contributed by atoms with Crippen LogP contribution in [0.15, 0.2) is 96.5 Å². The lowest BCUT2D eigenvalue weighted by Gasteiger charge is -2.40. The number of rotatable bonds is 1. The van der Waals surface area contributed by atoms with Crippen LogP contribution in [0.2, 0.25) is 0 Å². The zero-order chi connectivity index (χ0) is 24.7. The van der Waals surface area contributed by atoms with E-state index < -0.39 is 0 Å².